The van der Waals surface area contributed by atoms with Gasteiger partial charge in [-0.25, -0.2) is 4.39 Å². The van der Waals surface area contributed by atoms with E-state index in [2.05, 4.69) is 15.5 Å². The van der Waals surface area contributed by atoms with Crippen LogP contribution in [0, 0.1) is 5.82 Å². The number of phenols is 1. The number of halogens is 1. The fourth-order valence-corrected chi connectivity index (χ4v) is 3.03. The second-order valence-corrected chi connectivity index (χ2v) is 5.71. The highest BCUT2D eigenvalue weighted by molar-refractivity contribution is 6.00. The van der Waals surface area contributed by atoms with Gasteiger partial charge in [-0.3, -0.25) is 9.89 Å². The Morgan fingerprint density at radius 1 is 1.20 bits per heavy atom. The lowest BCUT2D eigenvalue weighted by molar-refractivity contribution is 0.0955. The number of rotatable bonds is 3. The number of hydrogen-bond acceptors (Lipinski definition) is 4. The first-order valence-electron chi connectivity index (χ1n) is 7.60. The maximum atomic E-state index is 13.2. The van der Waals surface area contributed by atoms with Crippen LogP contribution in [0.2, 0.25) is 0 Å². The fraction of sp³-hybridized carbons (Fsp3) is 0.111. The second kappa shape index (κ2) is 5.62. The molecule has 0 bridgehead atoms. The molecule has 7 heteroatoms. The van der Waals surface area contributed by atoms with Gasteiger partial charge in [0, 0.05) is 11.1 Å². The van der Waals surface area contributed by atoms with E-state index in [1.54, 1.807) is 24.3 Å². The van der Waals surface area contributed by atoms with E-state index in [1.807, 2.05) is 0 Å². The molecule has 0 saturated carbocycles. The molecule has 25 heavy (non-hydrogen) atoms. The average Bonchev–Trinajstić information content (AvgIpc) is 3.18. The molecule has 1 aliphatic heterocycles. The van der Waals surface area contributed by atoms with E-state index in [4.69, 9.17) is 4.74 Å². The SMILES string of the molecule is COc1cc(C2NC(=O)c3[nH]nc(-c4ccc(F)cc4)c32)ccc1O. The van der Waals surface area contributed by atoms with Crippen LogP contribution in [0.15, 0.2) is 42.5 Å². The maximum Gasteiger partial charge on any atom is 0.270 e. The van der Waals surface area contributed by atoms with Crippen LogP contribution in [0.4, 0.5) is 4.39 Å². The van der Waals surface area contributed by atoms with Gasteiger partial charge in [0.15, 0.2) is 11.5 Å². The minimum absolute atomic E-state index is 0.0155. The zero-order valence-corrected chi connectivity index (χ0v) is 13.2. The topological polar surface area (TPSA) is 87.2 Å². The zero-order valence-electron chi connectivity index (χ0n) is 13.2. The minimum Gasteiger partial charge on any atom is -0.504 e. The summed E-state index contributed by atoms with van der Waals surface area (Å²) in [5.41, 5.74) is 3.07. The number of fused-ring (bicyclic) bond motifs is 1. The van der Waals surface area contributed by atoms with Crippen LogP contribution in [-0.2, 0) is 0 Å². The van der Waals surface area contributed by atoms with E-state index >= 15 is 0 Å². The molecule has 1 atom stereocenters. The standard InChI is InChI=1S/C18H14FN3O3/c1-25-13-8-10(4-7-12(13)23)15-14-16(9-2-5-11(19)6-3-9)21-22-17(14)18(24)20-15/h2-8,15,23H,1H3,(H,20,24)(H,21,22). The quantitative estimate of drug-likeness (QED) is 0.685. The Balaban J connectivity index is 1.84. The molecular formula is C18H14FN3O3. The highest BCUT2D eigenvalue weighted by Crippen LogP contribution is 2.39. The van der Waals surface area contributed by atoms with Crippen molar-refractivity contribution in [2.24, 2.45) is 0 Å². The molecule has 0 spiro atoms. The third kappa shape index (κ3) is 2.40. The Morgan fingerprint density at radius 3 is 2.68 bits per heavy atom. The van der Waals surface area contributed by atoms with Crippen LogP contribution in [0.1, 0.15) is 27.7 Å². The van der Waals surface area contributed by atoms with Crippen molar-refractivity contribution < 1.29 is 19.0 Å². The number of aromatic hydroxyl groups is 1. The minimum atomic E-state index is -0.448. The van der Waals surface area contributed by atoms with Crippen LogP contribution in [0.25, 0.3) is 11.3 Å². The van der Waals surface area contributed by atoms with Gasteiger partial charge in [-0.15, -0.1) is 0 Å². The zero-order chi connectivity index (χ0) is 17.6. The van der Waals surface area contributed by atoms with E-state index in [9.17, 15) is 14.3 Å². The molecule has 1 unspecified atom stereocenters. The van der Waals surface area contributed by atoms with Gasteiger partial charge in [-0.2, -0.15) is 5.10 Å². The molecule has 126 valence electrons. The summed E-state index contributed by atoms with van der Waals surface area (Å²) in [5, 5.41) is 19.7. The maximum absolute atomic E-state index is 13.2. The van der Waals surface area contributed by atoms with Crippen LogP contribution >= 0.6 is 0 Å². The second-order valence-electron chi connectivity index (χ2n) is 5.71. The molecule has 3 N–H and O–H groups in total. The summed E-state index contributed by atoms with van der Waals surface area (Å²) in [6, 6.07) is 10.4. The highest BCUT2D eigenvalue weighted by atomic mass is 19.1. The molecular weight excluding hydrogens is 325 g/mol. The van der Waals surface area contributed by atoms with Gasteiger partial charge >= 0.3 is 0 Å². The van der Waals surface area contributed by atoms with Crippen LogP contribution in [0.5, 0.6) is 11.5 Å². The lowest BCUT2D eigenvalue weighted by Crippen LogP contribution is -2.21. The molecule has 1 aromatic heterocycles. The number of aromatic nitrogens is 2. The third-order valence-electron chi connectivity index (χ3n) is 4.25. The normalized spacial score (nSPS) is 15.8. The Hall–Kier alpha value is -3.35. The van der Waals surface area contributed by atoms with Gasteiger partial charge in [0.05, 0.1) is 18.8 Å². The Labute approximate surface area is 142 Å². The van der Waals surface area contributed by atoms with Gasteiger partial charge < -0.3 is 15.2 Å². The summed E-state index contributed by atoms with van der Waals surface area (Å²) < 4.78 is 18.3. The molecule has 0 fully saturated rings. The molecule has 3 aromatic rings. The lowest BCUT2D eigenvalue weighted by atomic mass is 9.96. The van der Waals surface area contributed by atoms with Gasteiger partial charge in [-0.1, -0.05) is 6.07 Å². The first kappa shape index (κ1) is 15.2. The van der Waals surface area contributed by atoms with Crippen molar-refractivity contribution in [1.82, 2.24) is 15.5 Å². The fourth-order valence-electron chi connectivity index (χ4n) is 3.03. The number of nitrogens with one attached hydrogen (secondary N) is 2. The van der Waals surface area contributed by atoms with Crippen molar-refractivity contribution >= 4 is 5.91 Å². The van der Waals surface area contributed by atoms with E-state index in [0.29, 0.717) is 28.3 Å². The number of nitrogens with zero attached hydrogens (tertiary/aromatic N) is 1. The first-order valence-corrected chi connectivity index (χ1v) is 7.60. The Morgan fingerprint density at radius 2 is 1.96 bits per heavy atom. The Bertz CT molecular complexity index is 966. The van der Waals surface area contributed by atoms with E-state index in [1.165, 1.54) is 25.3 Å². The van der Waals surface area contributed by atoms with Crippen LogP contribution in [0.3, 0.4) is 0 Å². The van der Waals surface area contributed by atoms with Gasteiger partial charge in [0.25, 0.3) is 5.91 Å². The third-order valence-corrected chi connectivity index (χ3v) is 4.25. The number of methoxy groups -OCH3 is 1. The predicted octanol–water partition coefficient (Wildman–Crippen LogP) is 2.76. The van der Waals surface area contributed by atoms with Gasteiger partial charge in [0.1, 0.15) is 11.5 Å². The number of benzene rings is 2. The molecule has 0 radical (unpaired) electrons. The van der Waals surface area contributed by atoms with Crippen molar-refractivity contribution in [3.63, 3.8) is 0 Å². The molecule has 1 amide bonds. The summed E-state index contributed by atoms with van der Waals surface area (Å²) in [6.07, 6.45) is 0. The average molecular weight is 339 g/mol. The molecule has 0 saturated heterocycles. The molecule has 6 nitrogen and oxygen atoms in total. The van der Waals surface area contributed by atoms with Crippen molar-refractivity contribution in [2.45, 2.75) is 6.04 Å². The van der Waals surface area contributed by atoms with Crippen molar-refractivity contribution in [3.8, 4) is 22.8 Å². The number of phenolic OH excluding ortho intramolecular Hbond substituents is 1. The van der Waals surface area contributed by atoms with Crippen molar-refractivity contribution in [1.29, 1.82) is 0 Å². The van der Waals surface area contributed by atoms with Gasteiger partial charge in [-0.05, 0) is 42.0 Å². The smallest absolute Gasteiger partial charge is 0.270 e. The molecule has 4 rings (SSSR count). The molecule has 1 aliphatic rings. The number of hydrogen-bond donors (Lipinski definition) is 3. The number of carbonyl (C=O) groups excluding carboxylic acids is 1. The summed E-state index contributed by atoms with van der Waals surface area (Å²) in [6.45, 7) is 0. The molecule has 2 aromatic carbocycles. The first-order chi connectivity index (χ1) is 12.1. The molecule has 2 heterocycles. The van der Waals surface area contributed by atoms with E-state index < -0.39 is 6.04 Å². The number of ether oxygens (including phenoxy) is 1. The van der Waals surface area contributed by atoms with Crippen LogP contribution in [-0.4, -0.2) is 28.3 Å². The highest BCUT2D eigenvalue weighted by Gasteiger charge is 2.35. The number of H-pyrrole nitrogens is 1. The van der Waals surface area contributed by atoms with Crippen molar-refractivity contribution in [3.05, 3.63) is 65.1 Å². The Kier molecular flexibility index (Phi) is 3.42. The van der Waals surface area contributed by atoms with Crippen molar-refractivity contribution in [2.75, 3.05) is 7.11 Å². The molecule has 0 aliphatic carbocycles. The number of carbonyl (C=O) groups is 1. The summed E-state index contributed by atoms with van der Waals surface area (Å²) in [5.74, 6) is -0.286. The van der Waals surface area contributed by atoms with Gasteiger partial charge in [0.2, 0.25) is 0 Å². The number of amides is 1. The van der Waals surface area contributed by atoms with E-state index in [0.717, 1.165) is 5.56 Å². The number of aromatic amines is 1. The summed E-state index contributed by atoms with van der Waals surface area (Å²) in [4.78, 5) is 12.2. The predicted molar refractivity (Wildman–Crippen MR) is 87.9 cm³/mol. The summed E-state index contributed by atoms with van der Waals surface area (Å²) >= 11 is 0. The summed E-state index contributed by atoms with van der Waals surface area (Å²) in [7, 11) is 1.46. The largest absolute Gasteiger partial charge is 0.504 e. The van der Waals surface area contributed by atoms with E-state index in [-0.39, 0.29) is 17.5 Å². The lowest BCUT2D eigenvalue weighted by Gasteiger charge is -2.15. The van der Waals surface area contributed by atoms with Crippen LogP contribution < -0.4 is 10.1 Å². The monoisotopic (exact) mass is 339 g/mol.